The van der Waals surface area contributed by atoms with Gasteiger partial charge in [-0.25, -0.2) is 4.39 Å². The second kappa shape index (κ2) is 5.13. The van der Waals surface area contributed by atoms with Crippen molar-refractivity contribution in [2.75, 3.05) is 6.54 Å². The maximum atomic E-state index is 12.9. The number of aliphatic hydroxyl groups is 1. The first kappa shape index (κ1) is 11.8. The molecular formula is C12H15ClFNO. The number of halogens is 2. The summed E-state index contributed by atoms with van der Waals surface area (Å²) in [5.74, 6) is 0.0766. The molecule has 4 heteroatoms. The molecule has 2 rings (SSSR count). The summed E-state index contributed by atoms with van der Waals surface area (Å²) in [6.45, 7) is 1.18. The highest BCUT2D eigenvalue weighted by molar-refractivity contribution is 6.30. The summed E-state index contributed by atoms with van der Waals surface area (Å²) >= 11 is 5.66. The molecule has 1 aromatic rings. The highest BCUT2D eigenvalue weighted by atomic mass is 35.5. The van der Waals surface area contributed by atoms with Crippen molar-refractivity contribution < 1.29 is 9.50 Å². The van der Waals surface area contributed by atoms with Crippen molar-refractivity contribution in [1.82, 2.24) is 5.32 Å². The van der Waals surface area contributed by atoms with Gasteiger partial charge in [-0.15, -0.1) is 0 Å². The van der Waals surface area contributed by atoms with Crippen molar-refractivity contribution >= 4 is 11.6 Å². The first-order valence-electron chi connectivity index (χ1n) is 5.49. The van der Waals surface area contributed by atoms with E-state index < -0.39 is 5.82 Å². The van der Waals surface area contributed by atoms with Crippen molar-refractivity contribution in [3.8, 4) is 0 Å². The Balaban J connectivity index is 1.78. The lowest BCUT2D eigenvalue weighted by atomic mass is 10.2. The number of nitrogens with one attached hydrogen (secondary N) is 1. The Morgan fingerprint density at radius 3 is 2.88 bits per heavy atom. The number of aliphatic hydroxyl groups excluding tert-OH is 1. The normalized spacial score (nSPS) is 17.4. The van der Waals surface area contributed by atoms with Crippen LogP contribution in [0.5, 0.6) is 0 Å². The number of benzene rings is 1. The van der Waals surface area contributed by atoms with Crippen LogP contribution in [0.3, 0.4) is 0 Å². The average molecular weight is 244 g/mol. The summed E-state index contributed by atoms with van der Waals surface area (Å²) in [7, 11) is 0. The maximum Gasteiger partial charge on any atom is 0.141 e. The van der Waals surface area contributed by atoms with E-state index in [9.17, 15) is 9.50 Å². The van der Waals surface area contributed by atoms with Gasteiger partial charge in [-0.05, 0) is 36.5 Å². The highest BCUT2D eigenvalue weighted by Crippen LogP contribution is 2.32. The van der Waals surface area contributed by atoms with Gasteiger partial charge in [0.2, 0.25) is 0 Å². The summed E-state index contributed by atoms with van der Waals surface area (Å²) in [6, 6.07) is 4.65. The predicted molar refractivity (Wildman–Crippen MR) is 61.8 cm³/mol. The summed E-state index contributed by atoms with van der Waals surface area (Å²) in [5, 5.41) is 12.9. The molecule has 2 N–H and O–H groups in total. The Bertz CT molecular complexity index is 368. The van der Waals surface area contributed by atoms with Crippen molar-refractivity contribution in [3.05, 3.63) is 34.6 Å². The summed E-state index contributed by atoms with van der Waals surface area (Å²) < 4.78 is 12.9. The van der Waals surface area contributed by atoms with Gasteiger partial charge in [0.25, 0.3) is 0 Å². The zero-order chi connectivity index (χ0) is 11.5. The minimum absolute atomic E-state index is 0.141. The van der Waals surface area contributed by atoms with Crippen LogP contribution in [0.25, 0.3) is 0 Å². The largest absolute Gasteiger partial charge is 0.392 e. The Labute approximate surface area is 99.4 Å². The van der Waals surface area contributed by atoms with Gasteiger partial charge >= 0.3 is 0 Å². The van der Waals surface area contributed by atoms with Crippen molar-refractivity contribution in [3.63, 3.8) is 0 Å². The van der Waals surface area contributed by atoms with Gasteiger partial charge in [0.15, 0.2) is 0 Å². The molecule has 0 aromatic heterocycles. The van der Waals surface area contributed by atoms with Gasteiger partial charge in [0, 0.05) is 13.1 Å². The van der Waals surface area contributed by atoms with Gasteiger partial charge < -0.3 is 10.4 Å². The van der Waals surface area contributed by atoms with E-state index in [1.165, 1.54) is 6.07 Å². The smallest absolute Gasteiger partial charge is 0.141 e. The molecule has 1 aliphatic carbocycles. The Morgan fingerprint density at radius 2 is 2.25 bits per heavy atom. The predicted octanol–water partition coefficient (Wildman–Crippen LogP) is 2.34. The lowest BCUT2D eigenvalue weighted by molar-refractivity contribution is 0.148. The van der Waals surface area contributed by atoms with Gasteiger partial charge in [0.05, 0.1) is 11.1 Å². The molecule has 1 aromatic carbocycles. The number of rotatable bonds is 5. The molecule has 1 atom stereocenters. The van der Waals surface area contributed by atoms with Crippen LogP contribution in [0.4, 0.5) is 4.39 Å². The van der Waals surface area contributed by atoms with Crippen LogP contribution in [-0.4, -0.2) is 17.8 Å². The van der Waals surface area contributed by atoms with E-state index in [4.69, 9.17) is 11.6 Å². The first-order valence-corrected chi connectivity index (χ1v) is 5.87. The monoisotopic (exact) mass is 243 g/mol. The summed E-state index contributed by atoms with van der Waals surface area (Å²) in [6.07, 6.45) is 2.01. The molecular weight excluding hydrogens is 229 g/mol. The van der Waals surface area contributed by atoms with Crippen LogP contribution in [0.2, 0.25) is 5.02 Å². The standard InChI is InChI=1S/C12H15ClFNO/c13-10-5-8(1-4-11(10)14)6-15-7-12(16)9-2-3-9/h1,4-5,9,12,15-16H,2-3,6-7H2. The SMILES string of the molecule is OC(CNCc1ccc(F)c(Cl)c1)C1CC1. The van der Waals surface area contributed by atoms with Crippen LogP contribution < -0.4 is 5.32 Å². The molecule has 0 aliphatic heterocycles. The molecule has 0 heterocycles. The molecule has 88 valence electrons. The fraction of sp³-hybridized carbons (Fsp3) is 0.500. The van der Waals surface area contributed by atoms with Gasteiger partial charge in [-0.2, -0.15) is 0 Å². The fourth-order valence-electron chi connectivity index (χ4n) is 1.66. The molecule has 0 spiro atoms. The van der Waals surface area contributed by atoms with E-state index in [1.807, 2.05) is 0 Å². The molecule has 1 saturated carbocycles. The molecule has 1 aliphatic rings. The topological polar surface area (TPSA) is 32.3 Å². The number of hydrogen-bond acceptors (Lipinski definition) is 2. The molecule has 1 fully saturated rings. The summed E-state index contributed by atoms with van der Waals surface area (Å²) in [4.78, 5) is 0. The Kier molecular flexibility index (Phi) is 3.79. The van der Waals surface area contributed by atoms with E-state index in [0.717, 1.165) is 18.4 Å². The van der Waals surface area contributed by atoms with E-state index in [0.29, 0.717) is 19.0 Å². The van der Waals surface area contributed by atoms with Crippen molar-refractivity contribution in [1.29, 1.82) is 0 Å². The van der Waals surface area contributed by atoms with E-state index in [2.05, 4.69) is 5.32 Å². The van der Waals surface area contributed by atoms with Gasteiger partial charge in [0.1, 0.15) is 5.82 Å². The third kappa shape index (κ3) is 3.17. The molecule has 1 unspecified atom stereocenters. The fourth-order valence-corrected chi connectivity index (χ4v) is 1.86. The first-order chi connectivity index (χ1) is 7.66. The molecule has 0 bridgehead atoms. The lowest BCUT2D eigenvalue weighted by Crippen LogP contribution is -2.27. The van der Waals surface area contributed by atoms with E-state index >= 15 is 0 Å². The zero-order valence-electron chi connectivity index (χ0n) is 8.92. The molecule has 2 nitrogen and oxygen atoms in total. The van der Waals surface area contributed by atoms with Gasteiger partial charge in [-0.3, -0.25) is 0 Å². The van der Waals surface area contributed by atoms with Crippen LogP contribution in [0.15, 0.2) is 18.2 Å². The Morgan fingerprint density at radius 1 is 1.50 bits per heavy atom. The maximum absolute atomic E-state index is 12.9. The molecule has 0 saturated heterocycles. The molecule has 0 radical (unpaired) electrons. The zero-order valence-corrected chi connectivity index (χ0v) is 9.67. The van der Waals surface area contributed by atoms with Crippen molar-refractivity contribution in [2.45, 2.75) is 25.5 Å². The second-order valence-electron chi connectivity index (χ2n) is 4.28. The average Bonchev–Trinajstić information content (AvgIpc) is 3.07. The lowest BCUT2D eigenvalue weighted by Gasteiger charge is -2.10. The van der Waals surface area contributed by atoms with Crippen LogP contribution in [-0.2, 0) is 6.54 Å². The third-order valence-corrected chi connectivity index (χ3v) is 3.12. The van der Waals surface area contributed by atoms with E-state index in [-0.39, 0.29) is 11.1 Å². The molecule has 0 amide bonds. The summed E-state index contributed by atoms with van der Waals surface area (Å²) in [5.41, 5.74) is 0.925. The van der Waals surface area contributed by atoms with Crippen LogP contribution in [0.1, 0.15) is 18.4 Å². The van der Waals surface area contributed by atoms with Crippen LogP contribution >= 0.6 is 11.6 Å². The quantitative estimate of drug-likeness (QED) is 0.832. The molecule has 16 heavy (non-hydrogen) atoms. The minimum atomic E-state index is -0.400. The van der Waals surface area contributed by atoms with Crippen molar-refractivity contribution in [2.24, 2.45) is 5.92 Å². The van der Waals surface area contributed by atoms with E-state index in [1.54, 1.807) is 12.1 Å². The van der Waals surface area contributed by atoms with Gasteiger partial charge in [-0.1, -0.05) is 17.7 Å². The third-order valence-electron chi connectivity index (χ3n) is 2.83. The van der Waals surface area contributed by atoms with Crippen LogP contribution in [0, 0.1) is 11.7 Å². The Hall–Kier alpha value is -0.640. The minimum Gasteiger partial charge on any atom is -0.392 e. The second-order valence-corrected chi connectivity index (χ2v) is 4.69. The number of hydrogen-bond donors (Lipinski definition) is 2. The highest BCUT2D eigenvalue weighted by Gasteiger charge is 2.28.